The molecular weight excluding hydrogens is 236 g/mol. The Balaban J connectivity index is 4.19. The van der Waals surface area contributed by atoms with E-state index in [1.165, 1.54) is 7.05 Å². The van der Waals surface area contributed by atoms with Crippen LogP contribution in [0.4, 0.5) is 0 Å². The van der Waals surface area contributed by atoms with Crippen LogP contribution in [0.15, 0.2) is 0 Å². The van der Waals surface area contributed by atoms with Crippen molar-refractivity contribution in [3.63, 3.8) is 0 Å². The highest BCUT2D eigenvalue weighted by Crippen LogP contribution is 1.98. The number of nitrogens with zero attached hydrogens (tertiary/aromatic N) is 1. The summed E-state index contributed by atoms with van der Waals surface area (Å²) in [6, 6.07) is 0. The SMILES string of the molecule is CCCCN(C)S(=O)(=O)NC[C@H](O)C(=O)O. The average Bonchev–Trinajstić information content (AvgIpc) is 2.22. The van der Waals surface area contributed by atoms with E-state index < -0.39 is 28.8 Å². The maximum absolute atomic E-state index is 11.5. The van der Waals surface area contributed by atoms with Gasteiger partial charge in [0.05, 0.1) is 0 Å². The Bertz CT molecular complexity index is 316. The number of aliphatic carboxylic acids is 1. The van der Waals surface area contributed by atoms with Crippen molar-refractivity contribution in [3.05, 3.63) is 0 Å². The first-order valence-electron chi connectivity index (χ1n) is 4.93. The summed E-state index contributed by atoms with van der Waals surface area (Å²) in [6.45, 7) is 1.76. The van der Waals surface area contributed by atoms with Crippen LogP contribution in [-0.4, -0.2) is 55.1 Å². The predicted molar refractivity (Wildman–Crippen MR) is 58.1 cm³/mol. The molecule has 0 aromatic heterocycles. The molecule has 0 aromatic rings. The van der Waals surface area contributed by atoms with Crippen LogP contribution in [0, 0.1) is 0 Å². The smallest absolute Gasteiger partial charge is 0.333 e. The minimum Gasteiger partial charge on any atom is -0.479 e. The lowest BCUT2D eigenvalue weighted by atomic mass is 10.3. The molecule has 0 saturated heterocycles. The summed E-state index contributed by atoms with van der Waals surface area (Å²) in [5, 5.41) is 17.3. The van der Waals surface area contributed by atoms with Crippen molar-refractivity contribution in [2.75, 3.05) is 20.1 Å². The quantitative estimate of drug-likeness (QED) is 0.515. The molecule has 96 valence electrons. The van der Waals surface area contributed by atoms with Crippen molar-refractivity contribution in [1.29, 1.82) is 0 Å². The molecular formula is C8H18N2O5S. The van der Waals surface area contributed by atoms with Gasteiger partial charge in [0.25, 0.3) is 10.2 Å². The van der Waals surface area contributed by atoms with E-state index in [4.69, 9.17) is 10.2 Å². The van der Waals surface area contributed by atoms with Crippen molar-refractivity contribution in [2.24, 2.45) is 0 Å². The summed E-state index contributed by atoms with van der Waals surface area (Å²) >= 11 is 0. The van der Waals surface area contributed by atoms with Crippen molar-refractivity contribution >= 4 is 16.2 Å². The third-order valence-corrected chi connectivity index (χ3v) is 3.52. The minimum atomic E-state index is -3.70. The first-order valence-corrected chi connectivity index (χ1v) is 6.37. The molecule has 1 atom stereocenters. The zero-order chi connectivity index (χ0) is 12.8. The van der Waals surface area contributed by atoms with E-state index in [0.29, 0.717) is 6.54 Å². The standard InChI is InChI=1S/C8H18N2O5S/c1-3-4-5-10(2)16(14,15)9-6-7(11)8(12)13/h7,9,11H,3-6H2,1-2H3,(H,12,13)/t7-/m0/s1. The molecule has 0 bridgehead atoms. The summed E-state index contributed by atoms with van der Waals surface area (Å²) in [5.74, 6) is -1.46. The molecule has 0 aliphatic heterocycles. The van der Waals surface area contributed by atoms with Gasteiger partial charge in [-0.05, 0) is 6.42 Å². The number of carboxylic acid groups (broad SMARTS) is 1. The van der Waals surface area contributed by atoms with E-state index in [1.54, 1.807) is 0 Å². The Morgan fingerprint density at radius 3 is 2.50 bits per heavy atom. The summed E-state index contributed by atoms with van der Waals surface area (Å²) in [7, 11) is -2.31. The highest BCUT2D eigenvalue weighted by Gasteiger charge is 2.20. The average molecular weight is 254 g/mol. The molecule has 7 nitrogen and oxygen atoms in total. The number of hydrogen-bond acceptors (Lipinski definition) is 4. The number of carboxylic acids is 1. The number of carbonyl (C=O) groups is 1. The van der Waals surface area contributed by atoms with Gasteiger partial charge in [-0.3, -0.25) is 0 Å². The van der Waals surface area contributed by atoms with Crippen molar-refractivity contribution in [3.8, 4) is 0 Å². The third-order valence-electron chi connectivity index (χ3n) is 1.98. The Morgan fingerprint density at radius 2 is 2.06 bits per heavy atom. The van der Waals surface area contributed by atoms with Crippen LogP contribution in [0.25, 0.3) is 0 Å². The van der Waals surface area contributed by atoms with E-state index >= 15 is 0 Å². The Kier molecular flexibility index (Phi) is 6.49. The predicted octanol–water partition coefficient (Wildman–Crippen LogP) is -1.00. The van der Waals surface area contributed by atoms with Crippen molar-refractivity contribution in [2.45, 2.75) is 25.9 Å². The molecule has 0 aromatic carbocycles. The fourth-order valence-electron chi connectivity index (χ4n) is 0.883. The van der Waals surface area contributed by atoms with Gasteiger partial charge in [0, 0.05) is 20.1 Å². The van der Waals surface area contributed by atoms with Gasteiger partial charge in [-0.2, -0.15) is 17.4 Å². The lowest BCUT2D eigenvalue weighted by Crippen LogP contribution is -2.43. The number of aliphatic hydroxyl groups is 1. The number of aliphatic hydroxyl groups excluding tert-OH is 1. The van der Waals surface area contributed by atoms with Crippen LogP contribution in [0.2, 0.25) is 0 Å². The third kappa shape index (κ3) is 5.40. The van der Waals surface area contributed by atoms with Crippen molar-refractivity contribution < 1.29 is 23.4 Å². The van der Waals surface area contributed by atoms with Crippen LogP contribution < -0.4 is 4.72 Å². The maximum Gasteiger partial charge on any atom is 0.333 e. The molecule has 0 rings (SSSR count). The molecule has 8 heteroatoms. The topological polar surface area (TPSA) is 107 Å². The van der Waals surface area contributed by atoms with Crippen LogP contribution in [0.1, 0.15) is 19.8 Å². The number of hydrogen-bond donors (Lipinski definition) is 3. The molecule has 0 fully saturated rings. The molecule has 0 unspecified atom stereocenters. The van der Waals surface area contributed by atoms with Crippen LogP contribution in [0.3, 0.4) is 0 Å². The van der Waals surface area contributed by atoms with E-state index in [9.17, 15) is 13.2 Å². The molecule has 0 spiro atoms. The van der Waals surface area contributed by atoms with Gasteiger partial charge in [0.2, 0.25) is 0 Å². The maximum atomic E-state index is 11.5. The fourth-order valence-corrected chi connectivity index (χ4v) is 1.84. The molecule has 0 aliphatic rings. The first-order chi connectivity index (χ1) is 7.31. The molecule has 0 radical (unpaired) electrons. The van der Waals surface area contributed by atoms with Crippen LogP contribution in [0.5, 0.6) is 0 Å². The highest BCUT2D eigenvalue weighted by atomic mass is 32.2. The van der Waals surface area contributed by atoms with Crippen LogP contribution >= 0.6 is 0 Å². The highest BCUT2D eigenvalue weighted by molar-refractivity contribution is 7.87. The number of nitrogens with one attached hydrogen (secondary N) is 1. The Morgan fingerprint density at radius 1 is 1.50 bits per heavy atom. The van der Waals surface area contributed by atoms with E-state index in [1.807, 2.05) is 11.6 Å². The summed E-state index contributed by atoms with van der Waals surface area (Å²) in [5.41, 5.74) is 0. The summed E-state index contributed by atoms with van der Waals surface area (Å²) in [4.78, 5) is 10.3. The Labute approximate surface area is 95.2 Å². The van der Waals surface area contributed by atoms with Crippen LogP contribution in [-0.2, 0) is 15.0 Å². The molecule has 3 N–H and O–H groups in total. The van der Waals surface area contributed by atoms with Gasteiger partial charge in [0.15, 0.2) is 6.10 Å². The largest absolute Gasteiger partial charge is 0.479 e. The van der Waals surface area contributed by atoms with Gasteiger partial charge >= 0.3 is 5.97 Å². The molecule has 0 saturated carbocycles. The normalized spacial score (nSPS) is 14.0. The van der Waals surface area contributed by atoms with Gasteiger partial charge in [-0.1, -0.05) is 13.3 Å². The van der Waals surface area contributed by atoms with Gasteiger partial charge in [-0.15, -0.1) is 0 Å². The lowest BCUT2D eigenvalue weighted by molar-refractivity contribution is -0.146. The molecule has 16 heavy (non-hydrogen) atoms. The zero-order valence-electron chi connectivity index (χ0n) is 9.38. The molecule has 0 aliphatic carbocycles. The number of unbranched alkanes of at least 4 members (excludes halogenated alkanes) is 1. The Hall–Kier alpha value is -0.700. The van der Waals surface area contributed by atoms with E-state index in [-0.39, 0.29) is 0 Å². The monoisotopic (exact) mass is 254 g/mol. The fraction of sp³-hybridized carbons (Fsp3) is 0.875. The van der Waals surface area contributed by atoms with Gasteiger partial charge in [-0.25, -0.2) is 4.79 Å². The zero-order valence-corrected chi connectivity index (χ0v) is 10.2. The van der Waals surface area contributed by atoms with E-state index in [2.05, 4.69) is 0 Å². The second kappa shape index (κ2) is 6.79. The van der Waals surface area contributed by atoms with Gasteiger partial charge < -0.3 is 10.2 Å². The van der Waals surface area contributed by atoms with Crippen molar-refractivity contribution in [1.82, 2.24) is 9.03 Å². The molecule has 0 amide bonds. The summed E-state index contributed by atoms with van der Waals surface area (Å²) in [6.07, 6.45) is -0.148. The lowest BCUT2D eigenvalue weighted by Gasteiger charge is -2.17. The second-order valence-electron chi connectivity index (χ2n) is 3.38. The second-order valence-corrected chi connectivity index (χ2v) is 5.24. The first kappa shape index (κ1) is 15.3. The van der Waals surface area contributed by atoms with E-state index in [0.717, 1.165) is 17.1 Å². The number of rotatable bonds is 8. The summed E-state index contributed by atoms with van der Waals surface area (Å²) < 4.78 is 26.1. The minimum absolute atomic E-state index is 0.356. The van der Waals surface area contributed by atoms with Gasteiger partial charge in [0.1, 0.15) is 0 Å². The molecule has 0 heterocycles.